The van der Waals surface area contributed by atoms with Crippen molar-refractivity contribution in [3.8, 4) is 0 Å². The predicted molar refractivity (Wildman–Crippen MR) is 62.3 cm³/mol. The fraction of sp³-hybridized carbons (Fsp3) is 0.750. The van der Waals surface area contributed by atoms with Crippen LogP contribution in [-0.2, 0) is 4.79 Å². The molecule has 1 saturated carbocycles. The van der Waals surface area contributed by atoms with E-state index in [1.165, 1.54) is 25.3 Å². The Balaban J connectivity index is 2.45. The fourth-order valence-electron chi connectivity index (χ4n) is 1.99. The number of carbonyl (C=O) groups is 1. The van der Waals surface area contributed by atoms with Gasteiger partial charge in [-0.25, -0.2) is 4.79 Å². The summed E-state index contributed by atoms with van der Waals surface area (Å²) >= 11 is 0. The summed E-state index contributed by atoms with van der Waals surface area (Å²) in [4.78, 5) is 12.8. The van der Waals surface area contributed by atoms with Crippen LogP contribution in [0.1, 0.15) is 32.6 Å². The maximum Gasteiger partial charge on any atom is 0.328 e. The standard InChI is InChI=1S/C12H21NO3/c1-10(8-12(15)16)9-13(6-3-7-14)11-4-2-5-11/h8,11,14H,2-7,9H2,1H3,(H,15,16). The highest BCUT2D eigenvalue weighted by Gasteiger charge is 2.24. The first-order valence-electron chi connectivity index (χ1n) is 5.88. The minimum atomic E-state index is -0.881. The summed E-state index contributed by atoms with van der Waals surface area (Å²) in [6.07, 6.45) is 5.70. The summed E-state index contributed by atoms with van der Waals surface area (Å²) in [6.45, 7) is 3.60. The van der Waals surface area contributed by atoms with E-state index in [2.05, 4.69) is 4.90 Å². The van der Waals surface area contributed by atoms with Gasteiger partial charge in [-0.05, 0) is 26.2 Å². The second-order valence-corrected chi connectivity index (χ2v) is 4.46. The van der Waals surface area contributed by atoms with Crippen molar-refractivity contribution in [1.29, 1.82) is 0 Å². The number of aliphatic carboxylic acids is 1. The second-order valence-electron chi connectivity index (χ2n) is 4.46. The summed E-state index contributed by atoms with van der Waals surface area (Å²) in [6, 6.07) is 0.587. The second kappa shape index (κ2) is 6.66. The Kier molecular flexibility index (Phi) is 5.49. The van der Waals surface area contributed by atoms with E-state index in [0.717, 1.165) is 18.5 Å². The minimum absolute atomic E-state index is 0.199. The van der Waals surface area contributed by atoms with Crippen molar-refractivity contribution in [2.75, 3.05) is 19.7 Å². The third kappa shape index (κ3) is 4.33. The highest BCUT2D eigenvalue weighted by Crippen LogP contribution is 2.25. The average molecular weight is 227 g/mol. The summed E-state index contributed by atoms with van der Waals surface area (Å²) < 4.78 is 0. The van der Waals surface area contributed by atoms with Crippen molar-refractivity contribution in [3.63, 3.8) is 0 Å². The van der Waals surface area contributed by atoms with Gasteiger partial charge in [-0.1, -0.05) is 12.0 Å². The summed E-state index contributed by atoms with van der Waals surface area (Å²) in [7, 11) is 0. The number of aliphatic hydroxyl groups is 1. The Morgan fingerprint density at radius 3 is 2.62 bits per heavy atom. The van der Waals surface area contributed by atoms with Gasteiger partial charge in [0.05, 0.1) is 0 Å². The lowest BCUT2D eigenvalue weighted by Gasteiger charge is -2.37. The third-order valence-electron chi connectivity index (χ3n) is 3.02. The van der Waals surface area contributed by atoms with Crippen molar-refractivity contribution < 1.29 is 15.0 Å². The van der Waals surface area contributed by atoms with Crippen molar-refractivity contribution in [2.45, 2.75) is 38.6 Å². The first-order chi connectivity index (χ1) is 7.63. The van der Waals surface area contributed by atoms with Gasteiger partial charge >= 0.3 is 5.97 Å². The molecule has 0 aromatic carbocycles. The Morgan fingerprint density at radius 1 is 1.50 bits per heavy atom. The summed E-state index contributed by atoms with van der Waals surface area (Å²) in [5.41, 5.74) is 0.873. The van der Waals surface area contributed by atoms with Crippen LogP contribution in [0.15, 0.2) is 11.6 Å². The molecule has 0 aliphatic heterocycles. The number of aliphatic hydroxyl groups excluding tert-OH is 1. The van der Waals surface area contributed by atoms with Crippen molar-refractivity contribution in [3.05, 3.63) is 11.6 Å². The van der Waals surface area contributed by atoms with Gasteiger partial charge in [0.1, 0.15) is 0 Å². The van der Waals surface area contributed by atoms with Gasteiger partial charge in [0.15, 0.2) is 0 Å². The van der Waals surface area contributed by atoms with Crippen molar-refractivity contribution >= 4 is 5.97 Å². The van der Waals surface area contributed by atoms with Gasteiger partial charge in [0.2, 0.25) is 0 Å². The molecule has 0 atom stereocenters. The maximum absolute atomic E-state index is 10.5. The molecule has 0 aromatic rings. The van der Waals surface area contributed by atoms with E-state index in [-0.39, 0.29) is 6.61 Å². The number of carboxylic acid groups (broad SMARTS) is 1. The van der Waals surface area contributed by atoms with E-state index in [0.29, 0.717) is 12.6 Å². The smallest absolute Gasteiger partial charge is 0.328 e. The SMILES string of the molecule is CC(=CC(=O)O)CN(CCCO)C1CCC1. The van der Waals surface area contributed by atoms with Gasteiger partial charge in [-0.3, -0.25) is 4.90 Å². The van der Waals surface area contributed by atoms with E-state index in [1.54, 1.807) is 0 Å². The van der Waals surface area contributed by atoms with Crippen LogP contribution in [0.25, 0.3) is 0 Å². The van der Waals surface area contributed by atoms with Crippen LogP contribution in [0.5, 0.6) is 0 Å². The van der Waals surface area contributed by atoms with Crippen LogP contribution in [0.3, 0.4) is 0 Å². The first kappa shape index (κ1) is 13.2. The van der Waals surface area contributed by atoms with Crippen LogP contribution in [-0.4, -0.2) is 46.8 Å². The van der Waals surface area contributed by atoms with Crippen LogP contribution in [0, 0.1) is 0 Å². The molecule has 0 aromatic heterocycles. The maximum atomic E-state index is 10.5. The van der Waals surface area contributed by atoms with Gasteiger partial charge in [0, 0.05) is 31.8 Å². The van der Waals surface area contributed by atoms with Crippen LogP contribution >= 0.6 is 0 Å². The number of hydrogen-bond donors (Lipinski definition) is 2. The average Bonchev–Trinajstić information content (AvgIpc) is 2.09. The molecule has 1 aliphatic carbocycles. The molecular weight excluding hydrogens is 206 g/mol. The molecule has 4 nitrogen and oxygen atoms in total. The molecule has 0 radical (unpaired) electrons. The lowest BCUT2D eigenvalue weighted by Crippen LogP contribution is -2.41. The Morgan fingerprint density at radius 2 is 2.19 bits per heavy atom. The number of rotatable bonds is 7. The number of hydrogen-bond acceptors (Lipinski definition) is 3. The molecule has 0 unspecified atom stereocenters. The largest absolute Gasteiger partial charge is 0.478 e. The van der Waals surface area contributed by atoms with Crippen molar-refractivity contribution in [1.82, 2.24) is 4.90 Å². The lowest BCUT2D eigenvalue weighted by atomic mass is 9.91. The van der Waals surface area contributed by atoms with E-state index in [4.69, 9.17) is 10.2 Å². The normalized spacial score (nSPS) is 17.6. The summed E-state index contributed by atoms with van der Waals surface area (Å²) in [5.74, 6) is -0.881. The van der Waals surface area contributed by atoms with Crippen LogP contribution in [0.2, 0.25) is 0 Å². The van der Waals surface area contributed by atoms with E-state index < -0.39 is 5.97 Å². The minimum Gasteiger partial charge on any atom is -0.478 e. The monoisotopic (exact) mass is 227 g/mol. The highest BCUT2D eigenvalue weighted by molar-refractivity contribution is 5.80. The highest BCUT2D eigenvalue weighted by atomic mass is 16.4. The fourth-order valence-corrected chi connectivity index (χ4v) is 1.99. The van der Waals surface area contributed by atoms with E-state index in [9.17, 15) is 4.79 Å². The molecule has 0 spiro atoms. The molecule has 92 valence electrons. The van der Waals surface area contributed by atoms with Gasteiger partial charge < -0.3 is 10.2 Å². The Hall–Kier alpha value is -0.870. The zero-order chi connectivity index (χ0) is 12.0. The molecule has 1 aliphatic rings. The van der Waals surface area contributed by atoms with E-state index >= 15 is 0 Å². The zero-order valence-corrected chi connectivity index (χ0v) is 9.85. The molecule has 0 bridgehead atoms. The van der Waals surface area contributed by atoms with E-state index in [1.807, 2.05) is 6.92 Å². The Bertz CT molecular complexity index is 259. The molecule has 0 saturated heterocycles. The third-order valence-corrected chi connectivity index (χ3v) is 3.02. The van der Waals surface area contributed by atoms with Crippen LogP contribution in [0.4, 0.5) is 0 Å². The molecule has 4 heteroatoms. The number of nitrogens with zero attached hydrogens (tertiary/aromatic N) is 1. The molecule has 0 amide bonds. The molecule has 0 heterocycles. The molecule has 1 fully saturated rings. The molecular formula is C12H21NO3. The zero-order valence-electron chi connectivity index (χ0n) is 9.85. The lowest BCUT2D eigenvalue weighted by molar-refractivity contribution is -0.131. The first-order valence-corrected chi connectivity index (χ1v) is 5.88. The van der Waals surface area contributed by atoms with Gasteiger partial charge in [-0.2, -0.15) is 0 Å². The Labute approximate surface area is 96.6 Å². The molecule has 2 N–H and O–H groups in total. The molecule has 1 rings (SSSR count). The number of carboxylic acids is 1. The topological polar surface area (TPSA) is 60.8 Å². The van der Waals surface area contributed by atoms with Crippen molar-refractivity contribution in [2.24, 2.45) is 0 Å². The molecule has 16 heavy (non-hydrogen) atoms. The quantitative estimate of drug-likeness (QED) is 0.643. The summed E-state index contributed by atoms with van der Waals surface area (Å²) in [5, 5.41) is 17.5. The van der Waals surface area contributed by atoms with Gasteiger partial charge in [-0.15, -0.1) is 0 Å². The van der Waals surface area contributed by atoms with Crippen LogP contribution < -0.4 is 0 Å². The van der Waals surface area contributed by atoms with Gasteiger partial charge in [0.25, 0.3) is 0 Å². The predicted octanol–water partition coefficient (Wildman–Crippen LogP) is 1.25.